The third-order valence-electron chi connectivity index (χ3n) is 3.19. The van der Waals surface area contributed by atoms with Gasteiger partial charge in [-0.05, 0) is 23.0 Å². The van der Waals surface area contributed by atoms with E-state index >= 15 is 0 Å². The van der Waals surface area contributed by atoms with E-state index in [0.29, 0.717) is 17.9 Å². The summed E-state index contributed by atoms with van der Waals surface area (Å²) in [7, 11) is 0. The molecule has 0 saturated heterocycles. The van der Waals surface area contributed by atoms with Crippen LogP contribution in [0.3, 0.4) is 0 Å². The summed E-state index contributed by atoms with van der Waals surface area (Å²) in [6.07, 6.45) is 0. The SMILES string of the molecule is CC(C)c1ccc(CNC(CBr)C(C)C)cc1. The average molecular weight is 298 g/mol. The lowest BCUT2D eigenvalue weighted by Gasteiger charge is -2.20. The highest BCUT2D eigenvalue weighted by atomic mass is 79.9. The number of halogens is 1. The van der Waals surface area contributed by atoms with Gasteiger partial charge in [-0.3, -0.25) is 0 Å². The molecule has 0 bridgehead atoms. The lowest BCUT2D eigenvalue weighted by molar-refractivity contribution is 0.434. The first-order valence-corrected chi connectivity index (χ1v) is 7.55. The predicted octanol–water partition coefficient (Wildman–Crippen LogP) is 4.32. The van der Waals surface area contributed by atoms with Gasteiger partial charge in [-0.15, -0.1) is 0 Å². The minimum atomic E-state index is 0.541. The molecule has 0 radical (unpaired) electrons. The van der Waals surface area contributed by atoms with Crippen molar-refractivity contribution in [1.82, 2.24) is 5.32 Å². The van der Waals surface area contributed by atoms with Gasteiger partial charge in [0.15, 0.2) is 0 Å². The second kappa shape index (κ2) is 7.17. The van der Waals surface area contributed by atoms with Crippen LogP contribution in [0, 0.1) is 5.92 Å². The Bertz CT molecular complexity index is 316. The van der Waals surface area contributed by atoms with Crippen molar-refractivity contribution in [3.05, 3.63) is 35.4 Å². The molecule has 1 N–H and O–H groups in total. The zero-order valence-electron chi connectivity index (χ0n) is 11.3. The fourth-order valence-corrected chi connectivity index (χ4v) is 2.71. The van der Waals surface area contributed by atoms with Crippen molar-refractivity contribution in [2.24, 2.45) is 5.92 Å². The summed E-state index contributed by atoms with van der Waals surface area (Å²) in [6.45, 7) is 9.91. The summed E-state index contributed by atoms with van der Waals surface area (Å²) in [5.74, 6) is 1.27. The van der Waals surface area contributed by atoms with Crippen molar-refractivity contribution >= 4 is 15.9 Å². The Hall–Kier alpha value is -0.340. The van der Waals surface area contributed by atoms with Crippen molar-refractivity contribution in [2.45, 2.75) is 46.2 Å². The highest BCUT2D eigenvalue weighted by Crippen LogP contribution is 2.15. The average Bonchev–Trinajstić information content (AvgIpc) is 2.30. The second-order valence-corrected chi connectivity index (χ2v) is 5.93. The van der Waals surface area contributed by atoms with E-state index in [1.54, 1.807) is 0 Å². The highest BCUT2D eigenvalue weighted by molar-refractivity contribution is 9.09. The summed E-state index contributed by atoms with van der Waals surface area (Å²) in [5.41, 5.74) is 2.77. The molecule has 96 valence electrons. The number of hydrogen-bond acceptors (Lipinski definition) is 1. The standard InChI is InChI=1S/C15H24BrN/c1-11(2)14-7-5-13(6-8-14)10-17-15(9-16)12(3)4/h5-8,11-12,15,17H,9-10H2,1-4H3. The molecule has 1 unspecified atom stereocenters. The van der Waals surface area contributed by atoms with Crippen molar-refractivity contribution in [2.75, 3.05) is 5.33 Å². The quantitative estimate of drug-likeness (QED) is 0.771. The maximum atomic E-state index is 3.59. The molecule has 0 fully saturated rings. The van der Waals surface area contributed by atoms with E-state index in [-0.39, 0.29) is 0 Å². The molecule has 0 aromatic heterocycles. The van der Waals surface area contributed by atoms with E-state index < -0.39 is 0 Å². The van der Waals surface area contributed by atoms with Crippen LogP contribution in [0.5, 0.6) is 0 Å². The van der Waals surface area contributed by atoms with Gasteiger partial charge < -0.3 is 5.32 Å². The fraction of sp³-hybridized carbons (Fsp3) is 0.600. The van der Waals surface area contributed by atoms with Crippen molar-refractivity contribution in [3.63, 3.8) is 0 Å². The molecule has 1 atom stereocenters. The smallest absolute Gasteiger partial charge is 0.0208 e. The molecule has 1 rings (SSSR count). The number of hydrogen-bond donors (Lipinski definition) is 1. The van der Waals surface area contributed by atoms with E-state index in [2.05, 4.69) is 73.2 Å². The Labute approximate surface area is 114 Å². The minimum absolute atomic E-state index is 0.541. The number of nitrogens with one attached hydrogen (secondary N) is 1. The van der Waals surface area contributed by atoms with Gasteiger partial charge in [0, 0.05) is 17.9 Å². The first kappa shape index (κ1) is 14.7. The van der Waals surface area contributed by atoms with Crippen LogP contribution < -0.4 is 5.32 Å². The Kier molecular flexibility index (Phi) is 6.21. The van der Waals surface area contributed by atoms with Crippen LogP contribution in [0.1, 0.15) is 44.7 Å². The van der Waals surface area contributed by atoms with Crippen molar-refractivity contribution in [3.8, 4) is 0 Å². The first-order chi connectivity index (χ1) is 8.04. The van der Waals surface area contributed by atoms with E-state index in [1.807, 2.05) is 0 Å². The molecule has 17 heavy (non-hydrogen) atoms. The molecule has 0 aliphatic carbocycles. The van der Waals surface area contributed by atoms with Crippen LogP contribution in [-0.2, 0) is 6.54 Å². The van der Waals surface area contributed by atoms with Gasteiger partial charge in [-0.25, -0.2) is 0 Å². The van der Waals surface area contributed by atoms with Crippen LogP contribution in [-0.4, -0.2) is 11.4 Å². The number of rotatable bonds is 6. The zero-order chi connectivity index (χ0) is 12.8. The molecule has 0 heterocycles. The second-order valence-electron chi connectivity index (χ2n) is 5.28. The van der Waals surface area contributed by atoms with Crippen molar-refractivity contribution < 1.29 is 0 Å². The summed E-state index contributed by atoms with van der Waals surface area (Å²) in [4.78, 5) is 0. The van der Waals surface area contributed by atoms with Gasteiger partial charge in [0.2, 0.25) is 0 Å². The number of benzene rings is 1. The van der Waals surface area contributed by atoms with Gasteiger partial charge in [0.25, 0.3) is 0 Å². The predicted molar refractivity (Wildman–Crippen MR) is 79.8 cm³/mol. The molecular weight excluding hydrogens is 274 g/mol. The maximum absolute atomic E-state index is 3.59. The Balaban J connectivity index is 2.52. The van der Waals surface area contributed by atoms with Crippen LogP contribution in [0.4, 0.5) is 0 Å². The van der Waals surface area contributed by atoms with Gasteiger partial charge >= 0.3 is 0 Å². The van der Waals surface area contributed by atoms with Gasteiger partial charge in [0.05, 0.1) is 0 Å². The summed E-state index contributed by atoms with van der Waals surface area (Å²) < 4.78 is 0. The summed E-state index contributed by atoms with van der Waals surface area (Å²) in [6, 6.07) is 9.47. The van der Waals surface area contributed by atoms with Gasteiger partial charge in [-0.2, -0.15) is 0 Å². The third-order valence-corrected chi connectivity index (χ3v) is 3.88. The van der Waals surface area contributed by atoms with Crippen LogP contribution >= 0.6 is 15.9 Å². The molecule has 2 heteroatoms. The summed E-state index contributed by atoms with van der Waals surface area (Å²) >= 11 is 3.56. The zero-order valence-corrected chi connectivity index (χ0v) is 12.9. The Morgan fingerprint density at radius 2 is 1.65 bits per heavy atom. The van der Waals surface area contributed by atoms with E-state index in [1.165, 1.54) is 11.1 Å². The van der Waals surface area contributed by atoms with E-state index in [0.717, 1.165) is 11.9 Å². The fourth-order valence-electron chi connectivity index (χ4n) is 1.74. The lowest BCUT2D eigenvalue weighted by atomic mass is 10.0. The third kappa shape index (κ3) is 4.81. The molecule has 0 spiro atoms. The lowest BCUT2D eigenvalue weighted by Crippen LogP contribution is -2.34. The number of alkyl halides is 1. The Morgan fingerprint density at radius 3 is 2.06 bits per heavy atom. The van der Waals surface area contributed by atoms with Crippen LogP contribution in [0.25, 0.3) is 0 Å². The topological polar surface area (TPSA) is 12.0 Å². The van der Waals surface area contributed by atoms with Crippen LogP contribution in [0.15, 0.2) is 24.3 Å². The van der Waals surface area contributed by atoms with E-state index in [4.69, 9.17) is 0 Å². The van der Waals surface area contributed by atoms with Crippen molar-refractivity contribution in [1.29, 1.82) is 0 Å². The van der Waals surface area contributed by atoms with Gasteiger partial charge in [0.1, 0.15) is 0 Å². The largest absolute Gasteiger partial charge is 0.309 e. The molecule has 0 aliphatic heterocycles. The Morgan fingerprint density at radius 1 is 1.06 bits per heavy atom. The molecular formula is C15H24BrN. The minimum Gasteiger partial charge on any atom is -0.309 e. The van der Waals surface area contributed by atoms with Gasteiger partial charge in [-0.1, -0.05) is 67.9 Å². The normalized spacial score (nSPS) is 13.4. The van der Waals surface area contributed by atoms with Crippen LogP contribution in [0.2, 0.25) is 0 Å². The monoisotopic (exact) mass is 297 g/mol. The molecule has 1 nitrogen and oxygen atoms in total. The molecule has 0 amide bonds. The molecule has 1 aromatic carbocycles. The highest BCUT2D eigenvalue weighted by Gasteiger charge is 2.10. The molecule has 0 aliphatic rings. The van der Waals surface area contributed by atoms with E-state index in [9.17, 15) is 0 Å². The maximum Gasteiger partial charge on any atom is 0.0208 e. The molecule has 1 aromatic rings. The molecule has 0 saturated carbocycles. The first-order valence-electron chi connectivity index (χ1n) is 6.42. The summed E-state index contributed by atoms with van der Waals surface area (Å²) in [5, 5.41) is 4.60.